The fourth-order valence-corrected chi connectivity index (χ4v) is 2.09. The van der Waals surface area contributed by atoms with Crippen molar-refractivity contribution in [3.63, 3.8) is 0 Å². The van der Waals surface area contributed by atoms with E-state index in [1.54, 1.807) is 7.11 Å². The lowest BCUT2D eigenvalue weighted by Crippen LogP contribution is -2.31. The van der Waals surface area contributed by atoms with Crippen molar-refractivity contribution in [3.05, 3.63) is 35.4 Å². The zero-order valence-corrected chi connectivity index (χ0v) is 13.6. The van der Waals surface area contributed by atoms with Crippen LogP contribution in [0.15, 0.2) is 24.3 Å². The largest absolute Gasteiger partial charge is 0.383 e. The standard InChI is InChI=1S/C15H22BrNO2/c1-15(2,3)12-7-5-11(6-8-12)14(18)17-9-13(16)10-19-4/h5-8,13H,9-10H2,1-4H3,(H,17,18). The molecule has 0 bridgehead atoms. The van der Waals surface area contributed by atoms with E-state index in [1.807, 2.05) is 24.3 Å². The van der Waals surface area contributed by atoms with Gasteiger partial charge in [-0.15, -0.1) is 0 Å². The topological polar surface area (TPSA) is 38.3 Å². The van der Waals surface area contributed by atoms with Gasteiger partial charge in [-0.05, 0) is 23.1 Å². The highest BCUT2D eigenvalue weighted by atomic mass is 79.9. The predicted octanol–water partition coefficient (Wildman–Crippen LogP) is 3.12. The van der Waals surface area contributed by atoms with Crippen LogP contribution in [0.3, 0.4) is 0 Å². The summed E-state index contributed by atoms with van der Waals surface area (Å²) in [4.78, 5) is 12.1. The van der Waals surface area contributed by atoms with E-state index in [9.17, 15) is 4.79 Å². The predicted molar refractivity (Wildman–Crippen MR) is 82.1 cm³/mol. The molecule has 1 rings (SSSR count). The Morgan fingerprint density at radius 3 is 2.37 bits per heavy atom. The summed E-state index contributed by atoms with van der Waals surface area (Å²) in [7, 11) is 1.64. The van der Waals surface area contributed by atoms with Gasteiger partial charge in [0.1, 0.15) is 0 Å². The van der Waals surface area contributed by atoms with Crippen molar-refractivity contribution in [2.45, 2.75) is 31.0 Å². The van der Waals surface area contributed by atoms with Gasteiger partial charge in [0, 0.05) is 19.2 Å². The van der Waals surface area contributed by atoms with Crippen LogP contribution in [0.2, 0.25) is 0 Å². The quantitative estimate of drug-likeness (QED) is 0.844. The summed E-state index contributed by atoms with van der Waals surface area (Å²) in [6.07, 6.45) is 0. The summed E-state index contributed by atoms with van der Waals surface area (Å²) >= 11 is 3.44. The molecule has 0 aromatic heterocycles. The number of methoxy groups -OCH3 is 1. The van der Waals surface area contributed by atoms with Gasteiger partial charge in [0.2, 0.25) is 0 Å². The fourth-order valence-electron chi connectivity index (χ4n) is 1.67. The Labute approximate surface area is 123 Å². The third-order valence-corrected chi connectivity index (χ3v) is 3.43. The highest BCUT2D eigenvalue weighted by Crippen LogP contribution is 2.22. The lowest BCUT2D eigenvalue weighted by molar-refractivity contribution is 0.0950. The number of alkyl halides is 1. The Morgan fingerprint density at radius 1 is 1.32 bits per heavy atom. The van der Waals surface area contributed by atoms with Crippen LogP contribution >= 0.6 is 15.9 Å². The minimum Gasteiger partial charge on any atom is -0.383 e. The van der Waals surface area contributed by atoms with Crippen LogP contribution in [0.25, 0.3) is 0 Å². The number of halogens is 1. The van der Waals surface area contributed by atoms with E-state index in [4.69, 9.17) is 4.74 Å². The molecule has 0 aliphatic heterocycles. The van der Waals surface area contributed by atoms with Gasteiger partial charge in [-0.1, -0.05) is 48.8 Å². The van der Waals surface area contributed by atoms with Gasteiger partial charge >= 0.3 is 0 Å². The molecule has 0 saturated carbocycles. The third kappa shape index (κ3) is 5.33. The summed E-state index contributed by atoms with van der Waals surface area (Å²) in [5.41, 5.74) is 2.01. The molecule has 0 aliphatic rings. The zero-order valence-electron chi connectivity index (χ0n) is 12.0. The monoisotopic (exact) mass is 327 g/mol. The van der Waals surface area contributed by atoms with Crippen molar-refractivity contribution in [1.29, 1.82) is 0 Å². The number of benzene rings is 1. The molecule has 0 saturated heterocycles. The van der Waals surface area contributed by atoms with Gasteiger partial charge in [-0.2, -0.15) is 0 Å². The number of hydrogen-bond acceptors (Lipinski definition) is 2. The molecule has 1 atom stereocenters. The molecule has 0 heterocycles. The Bertz CT molecular complexity index is 409. The molecule has 1 aromatic carbocycles. The van der Waals surface area contributed by atoms with Crippen molar-refractivity contribution in [1.82, 2.24) is 5.32 Å². The average molecular weight is 328 g/mol. The number of carbonyl (C=O) groups excluding carboxylic acids is 1. The SMILES string of the molecule is COCC(Br)CNC(=O)c1ccc(C(C)(C)C)cc1. The van der Waals surface area contributed by atoms with Crippen molar-refractivity contribution >= 4 is 21.8 Å². The summed E-state index contributed by atoms with van der Waals surface area (Å²) in [5.74, 6) is -0.0546. The van der Waals surface area contributed by atoms with Gasteiger partial charge in [0.05, 0.1) is 11.4 Å². The molecule has 3 nitrogen and oxygen atoms in total. The van der Waals surface area contributed by atoms with Gasteiger partial charge in [-0.25, -0.2) is 0 Å². The normalized spacial score (nSPS) is 13.1. The van der Waals surface area contributed by atoms with Gasteiger partial charge in [0.15, 0.2) is 0 Å². The summed E-state index contributed by atoms with van der Waals surface area (Å²) < 4.78 is 5.00. The van der Waals surface area contributed by atoms with Crippen LogP contribution < -0.4 is 5.32 Å². The average Bonchev–Trinajstić information content (AvgIpc) is 2.35. The summed E-state index contributed by atoms with van der Waals surface area (Å²) in [6, 6.07) is 7.76. The molecule has 1 N–H and O–H groups in total. The maximum absolute atomic E-state index is 11.9. The molecule has 4 heteroatoms. The second-order valence-corrected chi connectivity index (χ2v) is 6.88. The van der Waals surface area contributed by atoms with E-state index in [1.165, 1.54) is 5.56 Å². The molecule has 0 spiro atoms. The van der Waals surface area contributed by atoms with Crippen LogP contribution in [0.1, 0.15) is 36.7 Å². The Hall–Kier alpha value is -0.870. The molecule has 0 radical (unpaired) electrons. The van der Waals surface area contributed by atoms with Crippen LogP contribution in [-0.2, 0) is 10.2 Å². The van der Waals surface area contributed by atoms with Crippen molar-refractivity contribution < 1.29 is 9.53 Å². The number of hydrogen-bond donors (Lipinski definition) is 1. The molecular formula is C15H22BrNO2. The van der Waals surface area contributed by atoms with Crippen molar-refractivity contribution in [3.8, 4) is 0 Å². The third-order valence-electron chi connectivity index (χ3n) is 2.84. The van der Waals surface area contributed by atoms with Crippen LogP contribution in [0.4, 0.5) is 0 Å². The second-order valence-electron chi connectivity index (χ2n) is 5.59. The lowest BCUT2D eigenvalue weighted by atomic mass is 9.87. The van der Waals surface area contributed by atoms with E-state index in [0.29, 0.717) is 18.7 Å². The first kappa shape index (κ1) is 16.2. The molecule has 106 valence electrons. The minimum absolute atomic E-state index is 0.0546. The van der Waals surface area contributed by atoms with Crippen molar-refractivity contribution in [2.75, 3.05) is 20.3 Å². The van der Waals surface area contributed by atoms with E-state index < -0.39 is 0 Å². The first-order valence-corrected chi connectivity index (χ1v) is 7.28. The Morgan fingerprint density at radius 2 is 1.89 bits per heavy atom. The number of nitrogens with one attached hydrogen (secondary N) is 1. The molecular weight excluding hydrogens is 306 g/mol. The number of rotatable bonds is 5. The molecule has 1 amide bonds. The zero-order chi connectivity index (χ0) is 14.5. The summed E-state index contributed by atoms with van der Waals surface area (Å²) in [5, 5.41) is 2.88. The molecule has 0 fully saturated rings. The number of amides is 1. The maximum Gasteiger partial charge on any atom is 0.251 e. The maximum atomic E-state index is 11.9. The van der Waals surface area contributed by atoms with E-state index in [2.05, 4.69) is 42.0 Å². The molecule has 1 aromatic rings. The molecule has 1 unspecified atom stereocenters. The smallest absolute Gasteiger partial charge is 0.251 e. The van der Waals surface area contributed by atoms with Crippen LogP contribution in [-0.4, -0.2) is 31.0 Å². The highest BCUT2D eigenvalue weighted by molar-refractivity contribution is 9.09. The van der Waals surface area contributed by atoms with Gasteiger partial charge in [0.25, 0.3) is 5.91 Å². The van der Waals surface area contributed by atoms with Crippen molar-refractivity contribution in [2.24, 2.45) is 0 Å². The van der Waals surface area contributed by atoms with Gasteiger partial charge in [-0.3, -0.25) is 4.79 Å². The van der Waals surface area contributed by atoms with E-state index in [0.717, 1.165) is 0 Å². The molecule has 0 aliphatic carbocycles. The van der Waals surface area contributed by atoms with Crippen LogP contribution in [0.5, 0.6) is 0 Å². The number of ether oxygens (including phenoxy) is 1. The highest BCUT2D eigenvalue weighted by Gasteiger charge is 2.14. The Kier molecular flexibility index (Phi) is 6.01. The first-order chi connectivity index (χ1) is 8.84. The second kappa shape index (κ2) is 7.06. The van der Waals surface area contributed by atoms with E-state index >= 15 is 0 Å². The van der Waals surface area contributed by atoms with Crippen LogP contribution in [0, 0.1) is 0 Å². The molecule has 19 heavy (non-hydrogen) atoms. The Balaban J connectivity index is 2.59. The first-order valence-electron chi connectivity index (χ1n) is 6.36. The van der Waals surface area contributed by atoms with Gasteiger partial charge < -0.3 is 10.1 Å². The summed E-state index contributed by atoms with van der Waals surface area (Å²) in [6.45, 7) is 7.59. The number of carbonyl (C=O) groups is 1. The minimum atomic E-state index is -0.0546. The fraction of sp³-hybridized carbons (Fsp3) is 0.533. The lowest BCUT2D eigenvalue weighted by Gasteiger charge is -2.19. The van der Waals surface area contributed by atoms with E-state index in [-0.39, 0.29) is 16.1 Å².